The fourth-order valence-corrected chi connectivity index (χ4v) is 2.31. The highest BCUT2D eigenvalue weighted by Gasteiger charge is 2.26. The van der Waals surface area contributed by atoms with Crippen LogP contribution in [0.3, 0.4) is 0 Å². The summed E-state index contributed by atoms with van der Waals surface area (Å²) >= 11 is 0. The van der Waals surface area contributed by atoms with Gasteiger partial charge in [-0.2, -0.15) is 5.10 Å². The van der Waals surface area contributed by atoms with Gasteiger partial charge in [-0.25, -0.2) is 9.97 Å². The summed E-state index contributed by atoms with van der Waals surface area (Å²) in [7, 11) is 4.06. The highest BCUT2D eigenvalue weighted by molar-refractivity contribution is 5.86. The van der Waals surface area contributed by atoms with Crippen LogP contribution in [0.25, 0.3) is 11.0 Å². The standard InChI is InChI=1S/C13H20N6/c1-4-14-12-10-7-15-19(3)13(10)17-11(16-12)8-18(2)9-5-6-9/h7,9H,4-6,8H2,1-3H3,(H,14,16,17). The van der Waals surface area contributed by atoms with Gasteiger partial charge in [0.25, 0.3) is 0 Å². The lowest BCUT2D eigenvalue weighted by Crippen LogP contribution is -2.22. The molecule has 2 heterocycles. The van der Waals surface area contributed by atoms with Crippen molar-refractivity contribution in [3.8, 4) is 0 Å². The molecule has 1 aliphatic rings. The number of nitrogens with one attached hydrogen (secondary N) is 1. The lowest BCUT2D eigenvalue weighted by molar-refractivity contribution is 0.308. The first-order valence-corrected chi connectivity index (χ1v) is 6.81. The van der Waals surface area contributed by atoms with Crippen molar-refractivity contribution < 1.29 is 0 Å². The number of aryl methyl sites for hydroxylation is 1. The molecule has 1 saturated carbocycles. The van der Waals surface area contributed by atoms with Gasteiger partial charge in [-0.1, -0.05) is 0 Å². The molecule has 2 aromatic heterocycles. The molecule has 0 unspecified atom stereocenters. The summed E-state index contributed by atoms with van der Waals surface area (Å²) in [6.45, 7) is 3.71. The topological polar surface area (TPSA) is 58.9 Å². The number of rotatable bonds is 5. The molecule has 1 N–H and O–H groups in total. The number of aromatic nitrogens is 4. The maximum Gasteiger partial charge on any atom is 0.163 e. The van der Waals surface area contributed by atoms with E-state index >= 15 is 0 Å². The van der Waals surface area contributed by atoms with Crippen LogP contribution in [0.5, 0.6) is 0 Å². The van der Waals surface area contributed by atoms with E-state index in [0.29, 0.717) is 6.04 Å². The first-order chi connectivity index (χ1) is 9.19. The molecular formula is C13H20N6. The summed E-state index contributed by atoms with van der Waals surface area (Å²) < 4.78 is 1.80. The molecule has 1 aliphatic carbocycles. The van der Waals surface area contributed by atoms with Crippen molar-refractivity contribution >= 4 is 16.9 Å². The van der Waals surface area contributed by atoms with Crippen molar-refractivity contribution in [2.75, 3.05) is 18.9 Å². The fraction of sp³-hybridized carbons (Fsp3) is 0.615. The van der Waals surface area contributed by atoms with E-state index in [0.717, 1.165) is 35.8 Å². The Morgan fingerprint density at radius 1 is 1.42 bits per heavy atom. The van der Waals surface area contributed by atoms with Crippen LogP contribution in [-0.4, -0.2) is 44.3 Å². The molecule has 0 aliphatic heterocycles. The Balaban J connectivity index is 1.96. The Kier molecular flexibility index (Phi) is 3.10. The number of hydrogen-bond acceptors (Lipinski definition) is 5. The van der Waals surface area contributed by atoms with Gasteiger partial charge in [-0.15, -0.1) is 0 Å². The average Bonchev–Trinajstić information content (AvgIpc) is 3.16. The van der Waals surface area contributed by atoms with Crippen molar-refractivity contribution in [1.82, 2.24) is 24.6 Å². The van der Waals surface area contributed by atoms with E-state index in [1.807, 2.05) is 13.2 Å². The lowest BCUT2D eigenvalue weighted by atomic mass is 10.3. The Hall–Kier alpha value is -1.69. The molecule has 0 saturated heterocycles. The van der Waals surface area contributed by atoms with Crippen molar-refractivity contribution in [2.45, 2.75) is 32.4 Å². The maximum atomic E-state index is 4.64. The van der Waals surface area contributed by atoms with Crippen molar-refractivity contribution in [3.05, 3.63) is 12.0 Å². The number of hydrogen-bond donors (Lipinski definition) is 1. The smallest absolute Gasteiger partial charge is 0.163 e. The Bertz CT molecular complexity index is 586. The fourth-order valence-electron chi connectivity index (χ4n) is 2.31. The monoisotopic (exact) mass is 260 g/mol. The molecule has 0 atom stereocenters. The van der Waals surface area contributed by atoms with E-state index in [4.69, 9.17) is 0 Å². The molecule has 6 heteroatoms. The Morgan fingerprint density at radius 3 is 2.89 bits per heavy atom. The van der Waals surface area contributed by atoms with Gasteiger partial charge in [-0.3, -0.25) is 9.58 Å². The quantitative estimate of drug-likeness (QED) is 0.880. The van der Waals surface area contributed by atoms with Crippen LogP contribution >= 0.6 is 0 Å². The van der Waals surface area contributed by atoms with Crippen LogP contribution in [0.2, 0.25) is 0 Å². The zero-order chi connectivity index (χ0) is 13.4. The van der Waals surface area contributed by atoms with Gasteiger partial charge in [0.15, 0.2) is 5.65 Å². The molecule has 2 aromatic rings. The van der Waals surface area contributed by atoms with Gasteiger partial charge in [0.05, 0.1) is 18.1 Å². The SMILES string of the molecule is CCNc1nc(CN(C)C2CC2)nc2c1cnn2C. The third-order valence-electron chi connectivity index (χ3n) is 3.54. The molecule has 6 nitrogen and oxygen atoms in total. The predicted molar refractivity (Wildman–Crippen MR) is 75.0 cm³/mol. The average molecular weight is 260 g/mol. The third-order valence-corrected chi connectivity index (χ3v) is 3.54. The molecule has 19 heavy (non-hydrogen) atoms. The minimum absolute atomic E-state index is 0.716. The summed E-state index contributed by atoms with van der Waals surface area (Å²) in [6.07, 6.45) is 4.41. The Morgan fingerprint density at radius 2 is 2.21 bits per heavy atom. The number of nitrogens with zero attached hydrogens (tertiary/aromatic N) is 5. The van der Waals surface area contributed by atoms with Crippen LogP contribution in [-0.2, 0) is 13.6 Å². The number of fused-ring (bicyclic) bond motifs is 1. The zero-order valence-corrected chi connectivity index (χ0v) is 11.7. The van der Waals surface area contributed by atoms with Gasteiger partial charge in [0, 0.05) is 19.6 Å². The van der Waals surface area contributed by atoms with Crippen molar-refractivity contribution in [3.63, 3.8) is 0 Å². The lowest BCUT2D eigenvalue weighted by Gasteiger charge is -2.15. The van der Waals surface area contributed by atoms with E-state index in [-0.39, 0.29) is 0 Å². The molecule has 0 radical (unpaired) electrons. The molecule has 0 bridgehead atoms. The van der Waals surface area contributed by atoms with Gasteiger partial charge < -0.3 is 5.32 Å². The largest absolute Gasteiger partial charge is 0.370 e. The Labute approximate surface area is 112 Å². The summed E-state index contributed by atoms with van der Waals surface area (Å²) in [5.41, 5.74) is 0.894. The van der Waals surface area contributed by atoms with E-state index in [2.05, 4.69) is 39.3 Å². The third kappa shape index (κ3) is 2.40. The minimum atomic E-state index is 0.716. The summed E-state index contributed by atoms with van der Waals surface area (Å²) in [4.78, 5) is 11.6. The highest BCUT2D eigenvalue weighted by Crippen LogP contribution is 2.27. The molecule has 0 spiro atoms. The second kappa shape index (κ2) is 4.77. The van der Waals surface area contributed by atoms with Gasteiger partial charge in [-0.05, 0) is 26.8 Å². The second-order valence-corrected chi connectivity index (χ2v) is 5.17. The van der Waals surface area contributed by atoms with Crippen LogP contribution in [0.15, 0.2) is 6.20 Å². The maximum absolute atomic E-state index is 4.64. The predicted octanol–water partition coefficient (Wildman–Crippen LogP) is 1.39. The van der Waals surface area contributed by atoms with Gasteiger partial charge in [0.1, 0.15) is 11.6 Å². The normalized spacial score (nSPS) is 15.4. The summed E-state index contributed by atoms with van der Waals surface area (Å²) in [5, 5.41) is 8.55. The second-order valence-electron chi connectivity index (χ2n) is 5.17. The first-order valence-electron chi connectivity index (χ1n) is 6.81. The first kappa shape index (κ1) is 12.3. The van der Waals surface area contributed by atoms with Gasteiger partial charge >= 0.3 is 0 Å². The molecule has 102 valence electrons. The van der Waals surface area contributed by atoms with Crippen LogP contribution < -0.4 is 5.32 Å². The van der Waals surface area contributed by atoms with E-state index in [9.17, 15) is 0 Å². The van der Waals surface area contributed by atoms with Crippen molar-refractivity contribution in [2.24, 2.45) is 7.05 Å². The molecular weight excluding hydrogens is 240 g/mol. The molecule has 0 aromatic carbocycles. The van der Waals surface area contributed by atoms with Crippen LogP contribution in [0, 0.1) is 0 Å². The summed E-state index contributed by atoms with van der Waals surface area (Å²) in [6, 6.07) is 0.716. The number of anilines is 1. The molecule has 1 fully saturated rings. The summed E-state index contributed by atoms with van der Waals surface area (Å²) in [5.74, 6) is 1.75. The molecule has 0 amide bonds. The van der Waals surface area contributed by atoms with E-state index < -0.39 is 0 Å². The van der Waals surface area contributed by atoms with Crippen molar-refractivity contribution in [1.29, 1.82) is 0 Å². The van der Waals surface area contributed by atoms with Gasteiger partial charge in [0.2, 0.25) is 0 Å². The zero-order valence-electron chi connectivity index (χ0n) is 11.7. The van der Waals surface area contributed by atoms with Crippen LogP contribution in [0.4, 0.5) is 5.82 Å². The van der Waals surface area contributed by atoms with Crippen LogP contribution in [0.1, 0.15) is 25.6 Å². The van der Waals surface area contributed by atoms with E-state index in [1.165, 1.54) is 12.8 Å². The minimum Gasteiger partial charge on any atom is -0.370 e. The van der Waals surface area contributed by atoms with E-state index in [1.54, 1.807) is 4.68 Å². The molecule has 3 rings (SSSR count). The highest BCUT2D eigenvalue weighted by atomic mass is 15.3.